The molecule has 0 aromatic heterocycles. The SMILES string of the molecule is CCNC(=NCc1cccc(COC2CCOCC2)c1)NCCC(F)(F)F.I. The summed E-state index contributed by atoms with van der Waals surface area (Å²) < 4.78 is 48.1. The smallest absolute Gasteiger partial charge is 0.381 e. The van der Waals surface area contributed by atoms with Crippen molar-refractivity contribution in [2.45, 2.75) is 51.6 Å². The zero-order chi connectivity index (χ0) is 19.5. The average molecular weight is 515 g/mol. The highest BCUT2D eigenvalue weighted by molar-refractivity contribution is 14.0. The van der Waals surface area contributed by atoms with Crippen LogP contribution in [0.2, 0.25) is 0 Å². The number of hydrogen-bond donors (Lipinski definition) is 2. The van der Waals surface area contributed by atoms with Crippen LogP contribution in [-0.4, -0.2) is 44.5 Å². The highest BCUT2D eigenvalue weighted by Gasteiger charge is 2.26. The molecule has 28 heavy (non-hydrogen) atoms. The Morgan fingerprint density at radius 1 is 1.21 bits per heavy atom. The van der Waals surface area contributed by atoms with Gasteiger partial charge in [0.2, 0.25) is 0 Å². The normalized spacial score (nSPS) is 15.8. The summed E-state index contributed by atoms with van der Waals surface area (Å²) >= 11 is 0. The minimum atomic E-state index is -4.18. The molecule has 1 aromatic rings. The van der Waals surface area contributed by atoms with E-state index in [2.05, 4.69) is 15.6 Å². The molecule has 160 valence electrons. The summed E-state index contributed by atoms with van der Waals surface area (Å²) in [5.74, 6) is 0.380. The molecule has 0 amide bonds. The first kappa shape index (κ1) is 25.0. The summed E-state index contributed by atoms with van der Waals surface area (Å²) in [4.78, 5) is 4.36. The van der Waals surface area contributed by atoms with E-state index >= 15 is 0 Å². The van der Waals surface area contributed by atoms with Gasteiger partial charge in [-0.1, -0.05) is 24.3 Å². The van der Waals surface area contributed by atoms with Gasteiger partial charge in [-0.25, -0.2) is 4.99 Å². The molecular formula is C19H29F3IN3O2. The second kappa shape index (κ2) is 13.2. The number of ether oxygens (including phenoxy) is 2. The molecule has 2 rings (SSSR count). The molecule has 0 atom stereocenters. The van der Waals surface area contributed by atoms with E-state index in [9.17, 15) is 13.2 Å². The zero-order valence-corrected chi connectivity index (χ0v) is 18.4. The maximum absolute atomic E-state index is 12.3. The second-order valence-corrected chi connectivity index (χ2v) is 6.43. The summed E-state index contributed by atoms with van der Waals surface area (Å²) in [6, 6.07) is 7.90. The third-order valence-corrected chi connectivity index (χ3v) is 4.11. The molecule has 1 heterocycles. The molecule has 0 saturated carbocycles. The summed E-state index contributed by atoms with van der Waals surface area (Å²) in [7, 11) is 0. The lowest BCUT2D eigenvalue weighted by Gasteiger charge is -2.22. The highest BCUT2D eigenvalue weighted by Crippen LogP contribution is 2.18. The van der Waals surface area contributed by atoms with Crippen molar-refractivity contribution in [2.75, 3.05) is 26.3 Å². The molecule has 1 fully saturated rings. The van der Waals surface area contributed by atoms with E-state index in [1.165, 1.54) is 0 Å². The van der Waals surface area contributed by atoms with Crippen molar-refractivity contribution in [1.29, 1.82) is 0 Å². The van der Waals surface area contributed by atoms with E-state index in [0.29, 0.717) is 25.7 Å². The Balaban J connectivity index is 0.00000392. The molecular weight excluding hydrogens is 486 g/mol. The van der Waals surface area contributed by atoms with Gasteiger partial charge in [0.05, 0.1) is 25.7 Å². The topological polar surface area (TPSA) is 54.9 Å². The number of nitrogens with one attached hydrogen (secondary N) is 2. The Kier molecular flexibility index (Phi) is 11.8. The molecule has 1 aliphatic heterocycles. The van der Waals surface area contributed by atoms with Gasteiger partial charge in [0.15, 0.2) is 5.96 Å². The number of rotatable bonds is 8. The van der Waals surface area contributed by atoms with Crippen LogP contribution in [0.5, 0.6) is 0 Å². The number of guanidine groups is 1. The molecule has 0 bridgehead atoms. The lowest BCUT2D eigenvalue weighted by molar-refractivity contribution is -0.132. The van der Waals surface area contributed by atoms with Gasteiger partial charge in [-0.2, -0.15) is 13.2 Å². The van der Waals surface area contributed by atoms with E-state index < -0.39 is 12.6 Å². The number of hydrogen-bond acceptors (Lipinski definition) is 3. The number of nitrogens with zero attached hydrogens (tertiary/aromatic N) is 1. The molecule has 0 aliphatic carbocycles. The molecule has 5 nitrogen and oxygen atoms in total. The Morgan fingerprint density at radius 2 is 1.93 bits per heavy atom. The monoisotopic (exact) mass is 515 g/mol. The molecule has 0 radical (unpaired) electrons. The first-order valence-electron chi connectivity index (χ1n) is 9.32. The van der Waals surface area contributed by atoms with E-state index in [0.717, 1.165) is 37.2 Å². The number of alkyl halides is 3. The predicted molar refractivity (Wildman–Crippen MR) is 114 cm³/mol. The lowest BCUT2D eigenvalue weighted by Crippen LogP contribution is -2.38. The van der Waals surface area contributed by atoms with Gasteiger partial charge < -0.3 is 20.1 Å². The van der Waals surface area contributed by atoms with Crippen LogP contribution in [0, 0.1) is 0 Å². The Hall–Kier alpha value is -1.07. The summed E-state index contributed by atoms with van der Waals surface area (Å²) in [5, 5.41) is 5.67. The van der Waals surface area contributed by atoms with Crippen LogP contribution in [0.4, 0.5) is 13.2 Å². The van der Waals surface area contributed by atoms with Crippen LogP contribution in [0.25, 0.3) is 0 Å². The van der Waals surface area contributed by atoms with E-state index in [-0.39, 0.29) is 36.6 Å². The largest absolute Gasteiger partial charge is 0.390 e. The van der Waals surface area contributed by atoms with Crippen LogP contribution < -0.4 is 10.6 Å². The van der Waals surface area contributed by atoms with Crippen molar-refractivity contribution in [3.8, 4) is 0 Å². The zero-order valence-electron chi connectivity index (χ0n) is 16.1. The maximum Gasteiger partial charge on any atom is 0.390 e. The summed E-state index contributed by atoms with van der Waals surface area (Å²) in [5.41, 5.74) is 2.04. The third kappa shape index (κ3) is 10.5. The molecule has 1 aromatic carbocycles. The fourth-order valence-corrected chi connectivity index (χ4v) is 2.71. The van der Waals surface area contributed by atoms with Crippen molar-refractivity contribution >= 4 is 29.9 Å². The molecule has 0 unspecified atom stereocenters. The fourth-order valence-electron chi connectivity index (χ4n) is 2.71. The minimum absolute atomic E-state index is 0. The van der Waals surface area contributed by atoms with E-state index in [1.807, 2.05) is 31.2 Å². The van der Waals surface area contributed by atoms with Crippen LogP contribution in [0.1, 0.15) is 37.3 Å². The first-order chi connectivity index (χ1) is 13.0. The van der Waals surface area contributed by atoms with Crippen LogP contribution in [0.3, 0.4) is 0 Å². The van der Waals surface area contributed by atoms with Gasteiger partial charge in [0, 0.05) is 26.3 Å². The van der Waals surface area contributed by atoms with Crippen molar-refractivity contribution in [3.05, 3.63) is 35.4 Å². The fraction of sp³-hybridized carbons (Fsp3) is 0.632. The van der Waals surface area contributed by atoms with Gasteiger partial charge >= 0.3 is 6.18 Å². The van der Waals surface area contributed by atoms with E-state index in [1.54, 1.807) is 0 Å². The quantitative estimate of drug-likeness (QED) is 0.312. The molecule has 2 N–H and O–H groups in total. The number of halogens is 4. The molecule has 9 heteroatoms. The highest BCUT2D eigenvalue weighted by atomic mass is 127. The van der Waals surface area contributed by atoms with Crippen molar-refractivity contribution < 1.29 is 22.6 Å². The van der Waals surface area contributed by atoms with E-state index in [4.69, 9.17) is 9.47 Å². The van der Waals surface area contributed by atoms with Gasteiger partial charge in [-0.05, 0) is 30.9 Å². The van der Waals surface area contributed by atoms with Gasteiger partial charge in [0.1, 0.15) is 0 Å². The van der Waals surface area contributed by atoms with Crippen LogP contribution >= 0.6 is 24.0 Å². The van der Waals surface area contributed by atoms with Gasteiger partial charge in [-0.15, -0.1) is 24.0 Å². The number of aliphatic imine (C=N–C) groups is 1. The average Bonchev–Trinajstić information content (AvgIpc) is 2.65. The summed E-state index contributed by atoms with van der Waals surface area (Å²) in [6.45, 7) is 4.65. The number of benzene rings is 1. The van der Waals surface area contributed by atoms with Gasteiger partial charge in [0.25, 0.3) is 0 Å². The van der Waals surface area contributed by atoms with Gasteiger partial charge in [-0.3, -0.25) is 0 Å². The van der Waals surface area contributed by atoms with Crippen molar-refractivity contribution in [2.24, 2.45) is 4.99 Å². The predicted octanol–water partition coefficient (Wildman–Crippen LogP) is 4.01. The third-order valence-electron chi connectivity index (χ3n) is 4.11. The second-order valence-electron chi connectivity index (χ2n) is 6.43. The lowest BCUT2D eigenvalue weighted by atomic mass is 10.1. The minimum Gasteiger partial charge on any atom is -0.381 e. The first-order valence-corrected chi connectivity index (χ1v) is 9.32. The molecule has 0 spiro atoms. The Morgan fingerprint density at radius 3 is 2.61 bits per heavy atom. The molecule has 1 aliphatic rings. The van der Waals surface area contributed by atoms with Crippen LogP contribution in [-0.2, 0) is 22.6 Å². The molecule has 1 saturated heterocycles. The van der Waals surface area contributed by atoms with Crippen molar-refractivity contribution in [3.63, 3.8) is 0 Å². The Labute approximate surface area is 181 Å². The van der Waals surface area contributed by atoms with Crippen molar-refractivity contribution in [1.82, 2.24) is 10.6 Å². The standard InChI is InChI=1S/C19H28F3N3O2.HI/c1-2-23-18(24-9-8-19(20,21)22)25-13-15-4-3-5-16(12-15)14-27-17-6-10-26-11-7-17;/h3-5,12,17H,2,6-11,13-14H2,1H3,(H2,23,24,25);1H. The van der Waals surface area contributed by atoms with Crippen LogP contribution in [0.15, 0.2) is 29.3 Å². The maximum atomic E-state index is 12.3. The Bertz CT molecular complexity index is 594. The summed E-state index contributed by atoms with van der Waals surface area (Å²) in [6.07, 6.45) is -3.00.